The fourth-order valence-corrected chi connectivity index (χ4v) is 2.64. The number of esters is 1. The summed E-state index contributed by atoms with van der Waals surface area (Å²) in [5.74, 6) is 0.215. The quantitative estimate of drug-likeness (QED) is 0.640. The number of ether oxygens (including phenoxy) is 1. The number of alkyl halides is 3. The molecule has 3 aromatic heterocycles. The zero-order chi connectivity index (χ0) is 18.0. The number of halogens is 3. The van der Waals surface area contributed by atoms with E-state index in [0.717, 1.165) is 21.8 Å². The van der Waals surface area contributed by atoms with Crippen LogP contribution in [0.25, 0.3) is 10.8 Å². The number of aromatic nitrogens is 3. The third-order valence-corrected chi connectivity index (χ3v) is 4.07. The molecule has 0 aliphatic rings. The Kier molecular flexibility index (Phi) is 4.62. The van der Waals surface area contributed by atoms with E-state index in [4.69, 9.17) is 9.15 Å². The molecule has 0 atom stereocenters. The van der Waals surface area contributed by atoms with Crippen molar-refractivity contribution in [1.29, 1.82) is 0 Å². The minimum atomic E-state index is -4.55. The van der Waals surface area contributed by atoms with E-state index in [1.807, 2.05) is 17.5 Å². The van der Waals surface area contributed by atoms with Crippen LogP contribution < -0.4 is 0 Å². The molecule has 0 saturated carbocycles. The van der Waals surface area contributed by atoms with Crippen LogP contribution >= 0.6 is 11.3 Å². The van der Waals surface area contributed by atoms with Crippen LogP contribution in [0.2, 0.25) is 0 Å². The lowest BCUT2D eigenvalue weighted by atomic mass is 10.4. The Hall–Kier alpha value is -2.62. The first-order valence-corrected chi connectivity index (χ1v) is 7.97. The Morgan fingerprint density at radius 1 is 1.40 bits per heavy atom. The van der Waals surface area contributed by atoms with Crippen molar-refractivity contribution < 1.29 is 27.1 Å². The molecule has 132 valence electrons. The molecule has 0 aromatic carbocycles. The summed E-state index contributed by atoms with van der Waals surface area (Å²) in [6, 6.07) is 4.50. The van der Waals surface area contributed by atoms with Crippen molar-refractivity contribution in [3.05, 3.63) is 46.9 Å². The molecule has 0 aliphatic heterocycles. The van der Waals surface area contributed by atoms with Crippen molar-refractivity contribution in [2.75, 3.05) is 0 Å². The predicted octanol–water partition coefficient (Wildman–Crippen LogP) is 3.67. The molecule has 6 nitrogen and oxygen atoms in total. The number of carbonyl (C=O) groups is 1. The maximum absolute atomic E-state index is 12.5. The summed E-state index contributed by atoms with van der Waals surface area (Å²) < 4.78 is 48.8. The molecular formula is C15H12F3N3O3S. The monoisotopic (exact) mass is 371 g/mol. The summed E-state index contributed by atoms with van der Waals surface area (Å²) in [6.45, 7) is 1.13. The third-order valence-electron chi connectivity index (χ3n) is 3.22. The molecule has 0 amide bonds. The second kappa shape index (κ2) is 6.71. The van der Waals surface area contributed by atoms with Crippen LogP contribution in [0.5, 0.6) is 0 Å². The maximum Gasteiger partial charge on any atom is 0.435 e. The lowest BCUT2D eigenvalue weighted by Gasteiger charge is -2.04. The van der Waals surface area contributed by atoms with E-state index in [2.05, 4.69) is 10.1 Å². The van der Waals surface area contributed by atoms with E-state index in [9.17, 15) is 18.0 Å². The van der Waals surface area contributed by atoms with Gasteiger partial charge in [0.15, 0.2) is 5.69 Å². The molecule has 3 aromatic rings. The van der Waals surface area contributed by atoms with Gasteiger partial charge in [0.25, 0.3) is 0 Å². The summed E-state index contributed by atoms with van der Waals surface area (Å²) in [6.07, 6.45) is -3.48. The van der Waals surface area contributed by atoms with Gasteiger partial charge in [-0.25, -0.2) is 4.98 Å². The third kappa shape index (κ3) is 4.08. The second-order valence-corrected chi connectivity index (χ2v) is 6.00. The van der Waals surface area contributed by atoms with E-state index in [1.165, 1.54) is 11.3 Å². The highest BCUT2D eigenvalue weighted by molar-refractivity contribution is 7.13. The number of carbonyl (C=O) groups excluding carboxylic acids is 1. The number of oxazole rings is 1. The Morgan fingerprint density at radius 3 is 2.84 bits per heavy atom. The largest absolute Gasteiger partial charge is 0.458 e. The van der Waals surface area contributed by atoms with E-state index in [0.29, 0.717) is 17.3 Å². The lowest BCUT2D eigenvalue weighted by Crippen LogP contribution is -2.15. The van der Waals surface area contributed by atoms with E-state index in [1.54, 1.807) is 6.92 Å². The molecule has 0 fully saturated rings. The van der Waals surface area contributed by atoms with Gasteiger partial charge in [-0.15, -0.1) is 11.3 Å². The van der Waals surface area contributed by atoms with Gasteiger partial charge in [0.2, 0.25) is 5.89 Å². The average Bonchev–Trinajstić information content (AvgIpc) is 3.24. The molecule has 0 bridgehead atoms. The van der Waals surface area contributed by atoms with Crippen molar-refractivity contribution in [3.8, 4) is 10.8 Å². The Balaban J connectivity index is 1.58. The SMILES string of the molecule is Cc1oc(-c2cccs2)nc1COC(=O)Cn1ccc(C(F)(F)F)n1. The molecule has 3 heterocycles. The Morgan fingerprint density at radius 2 is 2.20 bits per heavy atom. The van der Waals surface area contributed by atoms with Crippen LogP contribution in [-0.4, -0.2) is 20.7 Å². The smallest absolute Gasteiger partial charge is 0.435 e. The second-order valence-electron chi connectivity index (χ2n) is 5.06. The summed E-state index contributed by atoms with van der Waals surface area (Å²) in [5, 5.41) is 5.17. The van der Waals surface area contributed by atoms with Crippen molar-refractivity contribution in [2.45, 2.75) is 26.3 Å². The fourth-order valence-electron chi connectivity index (χ4n) is 2.00. The first kappa shape index (κ1) is 17.2. The molecule has 0 radical (unpaired) electrons. The van der Waals surface area contributed by atoms with Crippen LogP contribution in [0.3, 0.4) is 0 Å². The van der Waals surface area contributed by atoms with Crippen molar-refractivity contribution >= 4 is 17.3 Å². The van der Waals surface area contributed by atoms with Gasteiger partial charge in [0, 0.05) is 6.20 Å². The average molecular weight is 371 g/mol. The summed E-state index contributed by atoms with van der Waals surface area (Å²) >= 11 is 1.46. The Labute approximate surface area is 143 Å². The summed E-state index contributed by atoms with van der Waals surface area (Å²) in [7, 11) is 0. The molecule has 25 heavy (non-hydrogen) atoms. The highest BCUT2D eigenvalue weighted by atomic mass is 32.1. The van der Waals surface area contributed by atoms with Crippen LogP contribution in [-0.2, 0) is 28.9 Å². The number of aryl methyl sites for hydroxylation is 1. The zero-order valence-corrected chi connectivity index (χ0v) is 13.7. The van der Waals surface area contributed by atoms with Gasteiger partial charge in [0.05, 0.1) is 4.88 Å². The molecule has 0 aliphatic carbocycles. The van der Waals surface area contributed by atoms with E-state index in [-0.39, 0.29) is 6.61 Å². The van der Waals surface area contributed by atoms with Crippen LogP contribution in [0.15, 0.2) is 34.2 Å². The first-order valence-electron chi connectivity index (χ1n) is 7.09. The number of thiophene rings is 1. The van der Waals surface area contributed by atoms with Gasteiger partial charge in [-0.1, -0.05) is 6.07 Å². The lowest BCUT2D eigenvalue weighted by molar-refractivity contribution is -0.147. The van der Waals surface area contributed by atoms with Gasteiger partial charge >= 0.3 is 12.1 Å². The van der Waals surface area contributed by atoms with Gasteiger partial charge in [0.1, 0.15) is 24.6 Å². The van der Waals surface area contributed by atoms with E-state index >= 15 is 0 Å². The highest BCUT2D eigenvalue weighted by Gasteiger charge is 2.33. The number of hydrogen-bond donors (Lipinski definition) is 0. The fraction of sp³-hybridized carbons (Fsp3) is 0.267. The van der Waals surface area contributed by atoms with Crippen LogP contribution in [0.1, 0.15) is 17.1 Å². The van der Waals surface area contributed by atoms with E-state index < -0.39 is 24.4 Å². The number of nitrogens with zero attached hydrogens (tertiary/aromatic N) is 3. The number of hydrogen-bond acceptors (Lipinski definition) is 6. The number of rotatable bonds is 5. The van der Waals surface area contributed by atoms with Crippen LogP contribution in [0.4, 0.5) is 13.2 Å². The molecular weight excluding hydrogens is 359 g/mol. The normalized spacial score (nSPS) is 11.7. The molecule has 0 unspecified atom stereocenters. The maximum atomic E-state index is 12.5. The van der Waals surface area contributed by atoms with Crippen molar-refractivity contribution in [2.24, 2.45) is 0 Å². The highest BCUT2D eigenvalue weighted by Crippen LogP contribution is 2.27. The van der Waals surface area contributed by atoms with Crippen molar-refractivity contribution in [3.63, 3.8) is 0 Å². The molecule has 0 saturated heterocycles. The van der Waals surface area contributed by atoms with Gasteiger partial charge in [-0.05, 0) is 24.4 Å². The van der Waals surface area contributed by atoms with Crippen molar-refractivity contribution in [1.82, 2.24) is 14.8 Å². The van der Waals surface area contributed by atoms with Gasteiger partial charge < -0.3 is 9.15 Å². The molecule has 10 heteroatoms. The van der Waals surface area contributed by atoms with Gasteiger partial charge in [-0.3, -0.25) is 9.48 Å². The van der Waals surface area contributed by atoms with Crippen LogP contribution in [0, 0.1) is 6.92 Å². The minimum absolute atomic E-state index is 0.132. The standard InChI is InChI=1S/C15H12F3N3O3S/c1-9-10(19-14(24-9)11-3-2-6-25-11)8-23-13(22)7-21-5-4-12(20-21)15(16,17)18/h2-6H,7-8H2,1H3. The first-order chi connectivity index (χ1) is 11.8. The van der Waals surface area contributed by atoms with Gasteiger partial charge in [-0.2, -0.15) is 18.3 Å². The predicted molar refractivity (Wildman–Crippen MR) is 81.6 cm³/mol. The Bertz CT molecular complexity index is 868. The zero-order valence-electron chi connectivity index (χ0n) is 12.9. The summed E-state index contributed by atoms with van der Waals surface area (Å²) in [4.78, 5) is 16.9. The molecule has 0 spiro atoms. The molecule has 0 N–H and O–H groups in total. The minimum Gasteiger partial charge on any atom is -0.458 e. The topological polar surface area (TPSA) is 70.2 Å². The summed E-state index contributed by atoms with van der Waals surface area (Å²) in [5.41, 5.74) is -0.610. The molecule has 3 rings (SSSR count).